The van der Waals surface area contributed by atoms with Crippen LogP contribution in [0.5, 0.6) is 0 Å². The fourth-order valence-corrected chi connectivity index (χ4v) is 3.34. The summed E-state index contributed by atoms with van der Waals surface area (Å²) in [4.78, 5) is 47.4. The van der Waals surface area contributed by atoms with Gasteiger partial charge in [0.15, 0.2) is 0 Å². The number of carbonyl (C=O) groups is 3. The number of aliphatic carboxylic acids is 1. The van der Waals surface area contributed by atoms with Crippen molar-refractivity contribution in [1.29, 1.82) is 0 Å². The van der Waals surface area contributed by atoms with E-state index >= 15 is 0 Å². The fraction of sp³-hybridized carbons (Fsp3) is 0.105. The summed E-state index contributed by atoms with van der Waals surface area (Å²) in [6, 6.07) is 10.2. The van der Waals surface area contributed by atoms with Crippen molar-refractivity contribution in [3.8, 4) is 0 Å². The molecule has 1 aliphatic rings. The number of hydrogen-bond acceptors (Lipinski definition) is 6. The number of halogens is 1. The maximum Gasteiger partial charge on any atom is 0.323 e. The fourth-order valence-electron chi connectivity index (χ4n) is 3.08. The van der Waals surface area contributed by atoms with Gasteiger partial charge in [-0.3, -0.25) is 24.5 Å². The quantitative estimate of drug-likeness (QED) is 0.230. The maximum atomic E-state index is 12.6. The summed E-state index contributed by atoms with van der Waals surface area (Å²) >= 11 is 3.27. The lowest BCUT2D eigenvalue weighted by Gasteiger charge is -2.23. The largest absolute Gasteiger partial charge is 0.507 e. The van der Waals surface area contributed by atoms with Gasteiger partial charge in [-0.05, 0) is 29.8 Å². The van der Waals surface area contributed by atoms with Crippen LogP contribution in [-0.4, -0.2) is 44.2 Å². The lowest BCUT2D eigenvalue weighted by Crippen LogP contribution is -2.34. The number of nitro groups is 1. The molecule has 1 saturated heterocycles. The zero-order chi connectivity index (χ0) is 21.3. The van der Waals surface area contributed by atoms with Gasteiger partial charge < -0.3 is 15.1 Å². The topological polar surface area (TPSA) is 138 Å². The highest BCUT2D eigenvalue weighted by atomic mass is 79.9. The summed E-state index contributed by atoms with van der Waals surface area (Å²) in [5, 5.41) is 30.7. The summed E-state index contributed by atoms with van der Waals surface area (Å²) in [6.45, 7) is -0.734. The minimum atomic E-state index is -1.32. The monoisotopic (exact) mass is 460 g/mol. The molecule has 1 fully saturated rings. The van der Waals surface area contributed by atoms with E-state index in [0.29, 0.717) is 5.56 Å². The Morgan fingerprint density at radius 1 is 1.07 bits per heavy atom. The predicted molar refractivity (Wildman–Crippen MR) is 104 cm³/mol. The highest BCUT2D eigenvalue weighted by Gasteiger charge is 2.46. The molecule has 10 heteroatoms. The van der Waals surface area contributed by atoms with Gasteiger partial charge in [-0.2, -0.15) is 0 Å². The number of carboxylic acids is 1. The van der Waals surface area contributed by atoms with Gasteiger partial charge in [-0.15, -0.1) is 0 Å². The second kappa shape index (κ2) is 7.84. The normalized spacial score (nSPS) is 18.1. The Labute approximate surface area is 172 Å². The van der Waals surface area contributed by atoms with Crippen LogP contribution >= 0.6 is 15.9 Å². The van der Waals surface area contributed by atoms with E-state index in [4.69, 9.17) is 5.11 Å². The van der Waals surface area contributed by atoms with E-state index in [1.54, 1.807) is 24.3 Å². The van der Waals surface area contributed by atoms with E-state index in [1.165, 1.54) is 12.1 Å². The molecule has 0 spiro atoms. The predicted octanol–water partition coefficient (Wildman–Crippen LogP) is 2.86. The van der Waals surface area contributed by atoms with Crippen LogP contribution in [0, 0.1) is 10.1 Å². The third-order valence-corrected chi connectivity index (χ3v) is 4.91. The maximum absolute atomic E-state index is 12.6. The van der Waals surface area contributed by atoms with Gasteiger partial charge in [-0.25, -0.2) is 0 Å². The third kappa shape index (κ3) is 3.87. The summed E-state index contributed by atoms with van der Waals surface area (Å²) in [5.41, 5.74) is 0.0212. The molecule has 148 valence electrons. The second-order valence-electron chi connectivity index (χ2n) is 6.18. The van der Waals surface area contributed by atoms with Crippen molar-refractivity contribution in [3.05, 3.63) is 79.8 Å². The number of benzene rings is 2. The Kier molecular flexibility index (Phi) is 5.46. The van der Waals surface area contributed by atoms with Gasteiger partial charge in [0.05, 0.1) is 16.5 Å². The summed E-state index contributed by atoms with van der Waals surface area (Å²) in [5.74, 6) is -3.94. The van der Waals surface area contributed by atoms with Crippen molar-refractivity contribution in [3.63, 3.8) is 0 Å². The van der Waals surface area contributed by atoms with E-state index < -0.39 is 40.9 Å². The molecule has 3 rings (SSSR count). The van der Waals surface area contributed by atoms with Gasteiger partial charge in [0.25, 0.3) is 17.4 Å². The summed E-state index contributed by atoms with van der Waals surface area (Å²) in [6.07, 6.45) is 0. The number of carboxylic acid groups (broad SMARTS) is 1. The lowest BCUT2D eigenvalue weighted by molar-refractivity contribution is -0.384. The van der Waals surface area contributed by atoms with Gasteiger partial charge in [-0.1, -0.05) is 28.1 Å². The Morgan fingerprint density at radius 3 is 2.17 bits per heavy atom. The van der Waals surface area contributed by atoms with Crippen LogP contribution in [0.25, 0.3) is 5.76 Å². The van der Waals surface area contributed by atoms with Gasteiger partial charge in [0.1, 0.15) is 12.3 Å². The van der Waals surface area contributed by atoms with Crippen LogP contribution in [-0.2, 0) is 14.4 Å². The van der Waals surface area contributed by atoms with E-state index in [9.17, 15) is 29.6 Å². The first-order valence-corrected chi connectivity index (χ1v) is 9.00. The highest BCUT2D eigenvalue weighted by Crippen LogP contribution is 2.39. The molecule has 1 amide bonds. The molecule has 1 atom stereocenters. The number of aliphatic hydroxyl groups is 1. The molecule has 0 bridgehead atoms. The standard InChI is InChI=1S/C19H13BrN2O7/c20-12-5-1-10(2-6-12)16-15(18(26)19(27)21(16)9-14(23)24)17(25)11-3-7-13(8-4-11)22(28)29/h1-8,16,25H,9H2,(H,23,24)/b17-15+. The molecule has 0 radical (unpaired) electrons. The van der Waals surface area contributed by atoms with E-state index in [0.717, 1.165) is 21.5 Å². The summed E-state index contributed by atoms with van der Waals surface area (Å²) < 4.78 is 0.729. The number of non-ortho nitro benzene ring substituents is 1. The van der Waals surface area contributed by atoms with E-state index in [1.807, 2.05) is 0 Å². The number of amides is 1. The Morgan fingerprint density at radius 2 is 1.66 bits per heavy atom. The molecule has 1 aliphatic heterocycles. The Bertz CT molecular complexity index is 1050. The minimum absolute atomic E-state index is 0.0889. The van der Waals surface area contributed by atoms with Gasteiger partial charge in [0, 0.05) is 22.2 Å². The van der Waals surface area contributed by atoms with Crippen molar-refractivity contribution in [2.45, 2.75) is 6.04 Å². The molecule has 2 N–H and O–H groups in total. The van der Waals surface area contributed by atoms with Crippen LogP contribution in [0.15, 0.2) is 58.6 Å². The van der Waals surface area contributed by atoms with Crippen LogP contribution in [0.3, 0.4) is 0 Å². The van der Waals surface area contributed by atoms with Crippen LogP contribution in [0.2, 0.25) is 0 Å². The van der Waals surface area contributed by atoms with E-state index in [-0.39, 0.29) is 16.8 Å². The molecule has 0 saturated carbocycles. The number of carbonyl (C=O) groups excluding carboxylic acids is 2. The molecule has 29 heavy (non-hydrogen) atoms. The molecule has 2 aromatic carbocycles. The molecule has 1 unspecified atom stereocenters. The SMILES string of the molecule is O=C(O)CN1C(=O)C(=O)/C(=C(/O)c2ccc([N+](=O)[O-])cc2)C1c1ccc(Br)cc1. The average Bonchev–Trinajstić information content (AvgIpc) is 2.92. The Hall–Kier alpha value is -3.53. The number of likely N-dealkylation sites (tertiary alicyclic amines) is 1. The summed E-state index contributed by atoms with van der Waals surface area (Å²) in [7, 11) is 0. The van der Waals surface area contributed by atoms with Gasteiger partial charge in [0.2, 0.25) is 0 Å². The average molecular weight is 461 g/mol. The number of nitro benzene ring substituents is 1. The Balaban J connectivity index is 2.16. The highest BCUT2D eigenvalue weighted by molar-refractivity contribution is 9.10. The number of rotatable bonds is 5. The zero-order valence-electron chi connectivity index (χ0n) is 14.6. The first kappa shape index (κ1) is 20.2. The van der Waals surface area contributed by atoms with Crippen molar-refractivity contribution in [1.82, 2.24) is 4.90 Å². The molecular formula is C19H13BrN2O7. The zero-order valence-corrected chi connectivity index (χ0v) is 16.2. The number of Topliss-reactive ketones (excluding diaryl/α,β-unsaturated/α-hetero) is 1. The van der Waals surface area contributed by atoms with Crippen molar-refractivity contribution in [2.75, 3.05) is 6.54 Å². The molecule has 2 aromatic rings. The molecular weight excluding hydrogens is 448 g/mol. The molecule has 0 aromatic heterocycles. The molecule has 0 aliphatic carbocycles. The van der Waals surface area contributed by atoms with Crippen LogP contribution < -0.4 is 0 Å². The smallest absolute Gasteiger partial charge is 0.323 e. The molecule has 1 heterocycles. The van der Waals surface area contributed by atoms with Gasteiger partial charge >= 0.3 is 5.97 Å². The number of ketones is 1. The first-order valence-electron chi connectivity index (χ1n) is 8.21. The number of nitrogens with zero attached hydrogens (tertiary/aromatic N) is 2. The number of aliphatic hydroxyl groups excluding tert-OH is 1. The van der Waals surface area contributed by atoms with Crippen molar-refractivity contribution < 1.29 is 29.5 Å². The molecule has 9 nitrogen and oxygen atoms in total. The minimum Gasteiger partial charge on any atom is -0.507 e. The third-order valence-electron chi connectivity index (χ3n) is 4.38. The van der Waals surface area contributed by atoms with Crippen molar-refractivity contribution in [2.24, 2.45) is 0 Å². The lowest BCUT2D eigenvalue weighted by atomic mass is 9.95. The van der Waals surface area contributed by atoms with Crippen LogP contribution in [0.1, 0.15) is 17.2 Å². The number of hydrogen-bond donors (Lipinski definition) is 2. The second-order valence-corrected chi connectivity index (χ2v) is 7.09. The first-order chi connectivity index (χ1) is 13.7. The van der Waals surface area contributed by atoms with Crippen molar-refractivity contribution >= 4 is 45.0 Å². The van der Waals surface area contributed by atoms with E-state index in [2.05, 4.69) is 15.9 Å². The van der Waals surface area contributed by atoms with Crippen LogP contribution in [0.4, 0.5) is 5.69 Å².